The second-order valence-corrected chi connectivity index (χ2v) is 8.36. The van der Waals surface area contributed by atoms with Crippen LogP contribution in [-0.2, 0) is 4.74 Å². The molecule has 31 heavy (non-hydrogen) atoms. The molecule has 2 unspecified atom stereocenters. The highest BCUT2D eigenvalue weighted by atomic mass is 16.6. The highest BCUT2D eigenvalue weighted by Gasteiger charge is 2.37. The van der Waals surface area contributed by atoms with Crippen molar-refractivity contribution >= 4 is 17.9 Å². The van der Waals surface area contributed by atoms with Crippen molar-refractivity contribution in [3.05, 3.63) is 36.2 Å². The number of nitrogens with one attached hydrogen (secondary N) is 2. The summed E-state index contributed by atoms with van der Waals surface area (Å²) >= 11 is 0. The topological polar surface area (TPSA) is 102 Å². The van der Waals surface area contributed by atoms with Gasteiger partial charge in [0.25, 0.3) is 0 Å². The molecule has 9 heteroatoms. The second-order valence-electron chi connectivity index (χ2n) is 8.36. The lowest BCUT2D eigenvalue weighted by Gasteiger charge is -2.24. The summed E-state index contributed by atoms with van der Waals surface area (Å²) < 4.78 is 11.2. The molecule has 2 fully saturated rings. The number of pyridine rings is 1. The molecule has 4 rings (SSSR count). The van der Waals surface area contributed by atoms with Crippen molar-refractivity contribution in [2.75, 3.05) is 29.9 Å². The lowest BCUT2D eigenvalue weighted by molar-refractivity contribution is 0.156. The van der Waals surface area contributed by atoms with Crippen molar-refractivity contribution in [1.82, 2.24) is 20.3 Å². The summed E-state index contributed by atoms with van der Waals surface area (Å²) in [5, 5.41) is 6.62. The first-order chi connectivity index (χ1) is 15.0. The van der Waals surface area contributed by atoms with Crippen molar-refractivity contribution in [3.63, 3.8) is 0 Å². The van der Waals surface area contributed by atoms with E-state index in [9.17, 15) is 4.79 Å². The molecule has 2 aromatic heterocycles. The van der Waals surface area contributed by atoms with Crippen LogP contribution in [0.1, 0.15) is 45.2 Å². The van der Waals surface area contributed by atoms with Gasteiger partial charge in [0.2, 0.25) is 11.8 Å². The van der Waals surface area contributed by atoms with E-state index < -0.39 is 0 Å². The van der Waals surface area contributed by atoms with E-state index in [1.807, 2.05) is 25.3 Å². The van der Waals surface area contributed by atoms with E-state index in [1.54, 1.807) is 17.2 Å². The van der Waals surface area contributed by atoms with Crippen LogP contribution in [0.4, 0.5) is 16.6 Å². The highest BCUT2D eigenvalue weighted by molar-refractivity contribution is 5.89. The zero-order valence-electron chi connectivity index (χ0n) is 18.2. The third kappa shape index (κ3) is 5.04. The van der Waals surface area contributed by atoms with Crippen LogP contribution in [0.15, 0.2) is 30.6 Å². The smallest absolute Gasteiger partial charge is 0.415 e. The molecule has 0 spiro atoms. The van der Waals surface area contributed by atoms with Crippen molar-refractivity contribution in [2.24, 2.45) is 5.92 Å². The summed E-state index contributed by atoms with van der Waals surface area (Å²) in [5.41, 5.74) is 0.993. The summed E-state index contributed by atoms with van der Waals surface area (Å²) in [6.07, 6.45) is 5.30. The minimum atomic E-state index is -0.370. The molecular weight excluding hydrogens is 396 g/mol. The normalized spacial score (nSPS) is 20.6. The van der Waals surface area contributed by atoms with E-state index in [-0.39, 0.29) is 30.2 Å². The van der Waals surface area contributed by atoms with Gasteiger partial charge >= 0.3 is 6.09 Å². The number of ether oxygens (including phenoxy) is 2. The molecular formula is C22H30N6O3. The number of amides is 1. The molecule has 2 N–H and O–H groups in total. The molecule has 2 atom stereocenters. The second kappa shape index (κ2) is 9.47. The summed E-state index contributed by atoms with van der Waals surface area (Å²) in [6, 6.07) is 5.52. The summed E-state index contributed by atoms with van der Waals surface area (Å²) in [4.78, 5) is 27.2. The Morgan fingerprint density at radius 3 is 2.71 bits per heavy atom. The number of carbonyl (C=O) groups is 1. The standard InChI is InChI=1S/C22H30N6O3/c1-14(2)18-13-30-22(29)28(18)19-8-11-24-21(27-19)26-15(3)16-4-5-20(25-12-16)31-17-6-9-23-10-7-17/h4-5,8,11-12,14-15,17-18,23H,6-7,9-10,13H2,1-3H3,(H,24,26,27). The largest absolute Gasteiger partial charge is 0.474 e. The SMILES string of the molecule is CC(Nc1nccc(N2C(=O)OCC2C(C)C)n1)c1ccc(OC2CCNCC2)nc1. The summed E-state index contributed by atoms with van der Waals surface area (Å²) in [6.45, 7) is 8.48. The molecule has 0 aliphatic carbocycles. The fraction of sp³-hybridized carbons (Fsp3) is 0.545. The maximum absolute atomic E-state index is 12.2. The van der Waals surface area contributed by atoms with Crippen LogP contribution < -0.4 is 20.3 Å². The number of nitrogens with zero attached hydrogens (tertiary/aromatic N) is 4. The van der Waals surface area contributed by atoms with Crippen molar-refractivity contribution in [3.8, 4) is 5.88 Å². The quantitative estimate of drug-likeness (QED) is 0.696. The van der Waals surface area contributed by atoms with Gasteiger partial charge < -0.3 is 20.1 Å². The van der Waals surface area contributed by atoms with Gasteiger partial charge in [0.15, 0.2) is 0 Å². The Labute approximate surface area is 182 Å². The maximum Gasteiger partial charge on any atom is 0.415 e. The van der Waals surface area contributed by atoms with E-state index >= 15 is 0 Å². The predicted octanol–water partition coefficient (Wildman–Crippen LogP) is 3.16. The monoisotopic (exact) mass is 426 g/mol. The van der Waals surface area contributed by atoms with Gasteiger partial charge in [-0.05, 0) is 50.4 Å². The number of carbonyl (C=O) groups excluding carboxylic acids is 1. The maximum atomic E-state index is 12.2. The molecule has 2 saturated heterocycles. The molecule has 0 radical (unpaired) electrons. The molecule has 2 aliphatic rings. The van der Waals surface area contributed by atoms with Crippen LogP contribution in [0, 0.1) is 5.92 Å². The molecule has 2 aliphatic heterocycles. The summed E-state index contributed by atoms with van der Waals surface area (Å²) in [5.74, 6) is 1.89. The van der Waals surface area contributed by atoms with Gasteiger partial charge in [-0.1, -0.05) is 19.9 Å². The van der Waals surface area contributed by atoms with Crippen LogP contribution >= 0.6 is 0 Å². The average Bonchev–Trinajstić information content (AvgIpc) is 3.17. The molecule has 4 heterocycles. The van der Waals surface area contributed by atoms with Gasteiger partial charge in [-0.15, -0.1) is 0 Å². The Balaban J connectivity index is 1.41. The van der Waals surface area contributed by atoms with E-state index in [0.29, 0.717) is 24.3 Å². The fourth-order valence-electron chi connectivity index (χ4n) is 3.82. The Morgan fingerprint density at radius 1 is 1.19 bits per heavy atom. The van der Waals surface area contributed by atoms with Crippen molar-refractivity contribution in [2.45, 2.75) is 51.8 Å². The van der Waals surface area contributed by atoms with Crippen molar-refractivity contribution in [1.29, 1.82) is 0 Å². The Morgan fingerprint density at radius 2 is 2.00 bits per heavy atom. The number of cyclic esters (lactones) is 1. The Bertz CT molecular complexity index is 885. The molecule has 0 bridgehead atoms. The predicted molar refractivity (Wildman–Crippen MR) is 117 cm³/mol. The molecule has 166 valence electrons. The number of hydrogen-bond donors (Lipinski definition) is 2. The van der Waals surface area contributed by atoms with Gasteiger partial charge in [-0.3, -0.25) is 4.90 Å². The number of rotatable bonds is 7. The van der Waals surface area contributed by atoms with E-state index in [2.05, 4.69) is 39.4 Å². The van der Waals surface area contributed by atoms with E-state index in [0.717, 1.165) is 31.5 Å². The van der Waals surface area contributed by atoms with Crippen molar-refractivity contribution < 1.29 is 14.3 Å². The number of anilines is 2. The zero-order chi connectivity index (χ0) is 21.8. The Hall–Kier alpha value is -2.94. The fourth-order valence-corrected chi connectivity index (χ4v) is 3.82. The number of aromatic nitrogens is 3. The van der Waals surface area contributed by atoms with E-state index in [4.69, 9.17) is 9.47 Å². The first-order valence-electron chi connectivity index (χ1n) is 10.9. The third-order valence-corrected chi connectivity index (χ3v) is 5.74. The lowest BCUT2D eigenvalue weighted by Crippen LogP contribution is -2.37. The number of hydrogen-bond acceptors (Lipinski definition) is 8. The van der Waals surface area contributed by atoms with Crippen LogP contribution in [0.5, 0.6) is 5.88 Å². The molecule has 0 aromatic carbocycles. The first kappa shape index (κ1) is 21.3. The average molecular weight is 427 g/mol. The zero-order valence-corrected chi connectivity index (χ0v) is 18.2. The van der Waals surface area contributed by atoms with Gasteiger partial charge in [0.05, 0.1) is 12.1 Å². The van der Waals surface area contributed by atoms with Gasteiger partial charge in [0, 0.05) is 18.5 Å². The molecule has 0 saturated carbocycles. The highest BCUT2D eigenvalue weighted by Crippen LogP contribution is 2.27. The molecule has 1 amide bonds. The molecule has 9 nitrogen and oxygen atoms in total. The molecule has 2 aromatic rings. The number of piperidine rings is 1. The van der Waals surface area contributed by atoms with Gasteiger partial charge in [0.1, 0.15) is 18.5 Å². The van der Waals surface area contributed by atoms with Crippen LogP contribution in [0.25, 0.3) is 0 Å². The van der Waals surface area contributed by atoms with Crippen LogP contribution in [-0.4, -0.2) is 52.9 Å². The lowest BCUT2D eigenvalue weighted by atomic mass is 10.0. The minimum absolute atomic E-state index is 0.0376. The van der Waals surface area contributed by atoms with Crippen LogP contribution in [0.3, 0.4) is 0 Å². The summed E-state index contributed by atoms with van der Waals surface area (Å²) in [7, 11) is 0. The van der Waals surface area contributed by atoms with Gasteiger partial charge in [-0.25, -0.2) is 14.8 Å². The third-order valence-electron chi connectivity index (χ3n) is 5.74. The first-order valence-corrected chi connectivity index (χ1v) is 10.9. The van der Waals surface area contributed by atoms with Gasteiger partial charge in [-0.2, -0.15) is 4.98 Å². The Kier molecular flexibility index (Phi) is 6.50. The van der Waals surface area contributed by atoms with Crippen LogP contribution in [0.2, 0.25) is 0 Å². The van der Waals surface area contributed by atoms with E-state index in [1.165, 1.54) is 0 Å². The minimum Gasteiger partial charge on any atom is -0.474 e.